The molecule has 2 N–H and O–H groups in total. The number of anilines is 1. The molecule has 0 saturated carbocycles. The first-order valence-electron chi connectivity index (χ1n) is 8.04. The van der Waals surface area contributed by atoms with Gasteiger partial charge in [-0.3, -0.25) is 0 Å². The molecule has 0 saturated heterocycles. The molecule has 0 amide bonds. The van der Waals surface area contributed by atoms with E-state index in [0.717, 1.165) is 30.0 Å². The molecule has 23 heavy (non-hydrogen) atoms. The summed E-state index contributed by atoms with van der Waals surface area (Å²) < 4.78 is 10.6. The first-order valence-corrected chi connectivity index (χ1v) is 8.04. The molecule has 0 heterocycles. The minimum Gasteiger partial charge on any atom is -0.497 e. The van der Waals surface area contributed by atoms with Gasteiger partial charge in [0.05, 0.1) is 14.2 Å². The van der Waals surface area contributed by atoms with Crippen molar-refractivity contribution in [2.24, 2.45) is 5.41 Å². The van der Waals surface area contributed by atoms with Crippen molar-refractivity contribution in [3.05, 3.63) is 53.1 Å². The number of nitrogens with two attached hydrogens (primary N) is 1. The smallest absolute Gasteiger partial charge is 0.120 e. The van der Waals surface area contributed by atoms with Gasteiger partial charge in [-0.05, 0) is 59.1 Å². The van der Waals surface area contributed by atoms with Gasteiger partial charge in [0.25, 0.3) is 0 Å². The molecule has 1 aliphatic carbocycles. The Hall–Kier alpha value is -2.16. The molecule has 3 heteroatoms. The number of fused-ring (bicyclic) bond motifs is 1. The van der Waals surface area contributed by atoms with Crippen LogP contribution in [0.2, 0.25) is 0 Å². The molecule has 0 aromatic heterocycles. The van der Waals surface area contributed by atoms with Gasteiger partial charge in [-0.25, -0.2) is 0 Å². The normalized spacial score (nSPS) is 19.0. The van der Waals surface area contributed by atoms with Gasteiger partial charge in [0.15, 0.2) is 0 Å². The summed E-state index contributed by atoms with van der Waals surface area (Å²) in [7, 11) is 3.39. The molecular formula is C20H25NO2. The van der Waals surface area contributed by atoms with Crippen LogP contribution in [-0.2, 0) is 12.8 Å². The van der Waals surface area contributed by atoms with Gasteiger partial charge >= 0.3 is 0 Å². The fourth-order valence-electron chi connectivity index (χ4n) is 3.73. The molecule has 1 unspecified atom stereocenters. The van der Waals surface area contributed by atoms with E-state index in [-0.39, 0.29) is 5.41 Å². The van der Waals surface area contributed by atoms with Crippen LogP contribution in [0.3, 0.4) is 0 Å². The number of methoxy groups -OCH3 is 2. The first kappa shape index (κ1) is 15.7. The summed E-state index contributed by atoms with van der Waals surface area (Å²) in [5, 5.41) is 0. The number of ether oxygens (including phenoxy) is 2. The van der Waals surface area contributed by atoms with Crippen LogP contribution in [0.15, 0.2) is 36.4 Å². The molecule has 2 aromatic rings. The Morgan fingerprint density at radius 1 is 0.957 bits per heavy atom. The summed E-state index contributed by atoms with van der Waals surface area (Å²) in [4.78, 5) is 0. The maximum atomic E-state index is 6.31. The van der Waals surface area contributed by atoms with Gasteiger partial charge in [-0.1, -0.05) is 26.0 Å². The number of hydrogen-bond acceptors (Lipinski definition) is 3. The lowest BCUT2D eigenvalue weighted by Crippen LogP contribution is -2.32. The van der Waals surface area contributed by atoms with E-state index in [1.165, 1.54) is 16.7 Å². The summed E-state index contributed by atoms with van der Waals surface area (Å²) in [6, 6.07) is 12.5. The summed E-state index contributed by atoms with van der Waals surface area (Å²) in [5.74, 6) is 2.14. The lowest BCUT2D eigenvalue weighted by molar-refractivity contribution is 0.263. The SMILES string of the molecule is COc1ccc(C2Cc3ccc(OC)cc3CC2(C)C)c(N)c1. The zero-order valence-electron chi connectivity index (χ0n) is 14.3. The van der Waals surface area contributed by atoms with Crippen molar-refractivity contribution < 1.29 is 9.47 Å². The van der Waals surface area contributed by atoms with Crippen molar-refractivity contribution in [1.29, 1.82) is 0 Å². The highest BCUT2D eigenvalue weighted by Crippen LogP contribution is 2.47. The Bertz CT molecular complexity index is 722. The summed E-state index contributed by atoms with van der Waals surface area (Å²) in [6.07, 6.45) is 2.03. The fraction of sp³-hybridized carbons (Fsp3) is 0.400. The van der Waals surface area contributed by atoms with E-state index in [4.69, 9.17) is 15.2 Å². The predicted molar refractivity (Wildman–Crippen MR) is 94.3 cm³/mol. The molecule has 0 bridgehead atoms. The van der Waals surface area contributed by atoms with Gasteiger partial charge in [0, 0.05) is 11.8 Å². The summed E-state index contributed by atoms with van der Waals surface area (Å²) in [6.45, 7) is 4.65. The second kappa shape index (κ2) is 5.80. The van der Waals surface area contributed by atoms with E-state index in [9.17, 15) is 0 Å². The van der Waals surface area contributed by atoms with Crippen LogP contribution in [0.4, 0.5) is 5.69 Å². The van der Waals surface area contributed by atoms with E-state index in [1.54, 1.807) is 14.2 Å². The highest BCUT2D eigenvalue weighted by molar-refractivity contribution is 5.55. The van der Waals surface area contributed by atoms with Crippen LogP contribution in [0.25, 0.3) is 0 Å². The fourth-order valence-corrected chi connectivity index (χ4v) is 3.73. The molecule has 122 valence electrons. The molecule has 3 nitrogen and oxygen atoms in total. The predicted octanol–water partition coefficient (Wildman–Crippen LogP) is 4.19. The largest absolute Gasteiger partial charge is 0.497 e. The van der Waals surface area contributed by atoms with Crippen molar-refractivity contribution in [1.82, 2.24) is 0 Å². The monoisotopic (exact) mass is 311 g/mol. The molecule has 2 aromatic carbocycles. The van der Waals surface area contributed by atoms with Crippen molar-refractivity contribution in [2.45, 2.75) is 32.6 Å². The molecule has 3 rings (SSSR count). The maximum absolute atomic E-state index is 6.31. The van der Waals surface area contributed by atoms with Crippen molar-refractivity contribution >= 4 is 5.69 Å². The summed E-state index contributed by atoms with van der Waals surface area (Å²) >= 11 is 0. The molecule has 1 aliphatic rings. The molecule has 0 aliphatic heterocycles. The van der Waals surface area contributed by atoms with Gasteiger partial charge in [0.1, 0.15) is 11.5 Å². The number of benzene rings is 2. The number of rotatable bonds is 3. The Morgan fingerprint density at radius 2 is 1.61 bits per heavy atom. The first-order chi connectivity index (χ1) is 10.9. The second-order valence-corrected chi connectivity index (χ2v) is 7.05. The average molecular weight is 311 g/mol. The highest BCUT2D eigenvalue weighted by atomic mass is 16.5. The zero-order chi connectivity index (χ0) is 16.6. The molecule has 0 spiro atoms. The third-order valence-electron chi connectivity index (χ3n) is 5.10. The Kier molecular flexibility index (Phi) is 3.97. The van der Waals surface area contributed by atoms with E-state index in [2.05, 4.69) is 32.0 Å². The van der Waals surface area contributed by atoms with Gasteiger partial charge in [0.2, 0.25) is 0 Å². The van der Waals surface area contributed by atoms with Gasteiger partial charge in [-0.15, -0.1) is 0 Å². The molecule has 0 fully saturated rings. The van der Waals surface area contributed by atoms with Crippen molar-refractivity contribution in [3.63, 3.8) is 0 Å². The zero-order valence-corrected chi connectivity index (χ0v) is 14.3. The molecule has 1 atom stereocenters. The molecular weight excluding hydrogens is 286 g/mol. The lowest BCUT2D eigenvalue weighted by Gasteiger charge is -2.40. The highest BCUT2D eigenvalue weighted by Gasteiger charge is 2.37. The van der Waals surface area contributed by atoms with Gasteiger partial charge < -0.3 is 15.2 Å². The number of hydrogen-bond donors (Lipinski definition) is 1. The minimum absolute atomic E-state index is 0.141. The Labute approximate surface area is 138 Å². The third kappa shape index (κ3) is 2.88. The van der Waals surface area contributed by atoms with Crippen molar-refractivity contribution in [3.8, 4) is 11.5 Å². The lowest BCUT2D eigenvalue weighted by atomic mass is 9.64. The average Bonchev–Trinajstić information content (AvgIpc) is 2.53. The van der Waals surface area contributed by atoms with Crippen LogP contribution < -0.4 is 15.2 Å². The van der Waals surface area contributed by atoms with Crippen LogP contribution in [-0.4, -0.2) is 14.2 Å². The molecule has 0 radical (unpaired) electrons. The third-order valence-corrected chi connectivity index (χ3v) is 5.10. The van der Waals surface area contributed by atoms with Crippen LogP contribution in [0, 0.1) is 5.41 Å². The van der Waals surface area contributed by atoms with Crippen molar-refractivity contribution in [2.75, 3.05) is 20.0 Å². The minimum atomic E-state index is 0.141. The number of nitrogen functional groups attached to an aromatic ring is 1. The Balaban J connectivity index is 2.00. The van der Waals surface area contributed by atoms with E-state index in [0.29, 0.717) is 5.92 Å². The van der Waals surface area contributed by atoms with Gasteiger partial charge in [-0.2, -0.15) is 0 Å². The van der Waals surface area contributed by atoms with E-state index >= 15 is 0 Å². The van der Waals surface area contributed by atoms with Crippen LogP contribution in [0.5, 0.6) is 11.5 Å². The van der Waals surface area contributed by atoms with Crippen LogP contribution in [0.1, 0.15) is 36.5 Å². The van der Waals surface area contributed by atoms with Crippen LogP contribution >= 0.6 is 0 Å². The summed E-state index contributed by atoms with van der Waals surface area (Å²) in [5.41, 5.74) is 11.3. The van der Waals surface area contributed by atoms with E-state index in [1.807, 2.05) is 18.2 Å². The van der Waals surface area contributed by atoms with E-state index < -0.39 is 0 Å². The standard InChI is InChI=1S/C20H25NO2/c1-20(2)12-14-9-15(22-3)6-5-13(14)10-18(20)17-8-7-16(23-4)11-19(17)21/h5-9,11,18H,10,12,21H2,1-4H3. The maximum Gasteiger partial charge on any atom is 0.120 e. The quantitative estimate of drug-likeness (QED) is 0.864. The topological polar surface area (TPSA) is 44.5 Å². The second-order valence-electron chi connectivity index (χ2n) is 7.05. The Morgan fingerprint density at radius 3 is 2.26 bits per heavy atom.